The topological polar surface area (TPSA) is 84.5 Å². The normalized spacial score (nSPS) is 12.1. The highest BCUT2D eigenvalue weighted by atomic mass is 16.3. The predicted octanol–water partition coefficient (Wildman–Crippen LogP) is 0.893. The Labute approximate surface area is 81.7 Å². The van der Waals surface area contributed by atoms with Gasteiger partial charge in [0.05, 0.1) is 11.7 Å². The third-order valence-electron chi connectivity index (χ3n) is 1.83. The molecule has 74 valence electrons. The summed E-state index contributed by atoms with van der Waals surface area (Å²) < 4.78 is 0. The first-order chi connectivity index (χ1) is 6.54. The number of hydrogen-bond acceptors (Lipinski definition) is 4. The number of rotatable bonds is 2. The Kier molecular flexibility index (Phi) is 2.95. The standard InChI is InChI=1S/C10H11NO3/c1-6(12)2-7-3-8(5-11)10(14)4-9(7)13/h3-4,6,12-14H,2H2,1H3. The molecular formula is C10H11NO3. The van der Waals surface area contributed by atoms with Crippen LogP contribution in [-0.2, 0) is 6.42 Å². The molecule has 0 spiro atoms. The molecule has 14 heavy (non-hydrogen) atoms. The highest BCUT2D eigenvalue weighted by molar-refractivity contribution is 5.50. The number of phenolic OH excluding ortho intramolecular Hbond substituents is 2. The Balaban J connectivity index is 3.12. The van der Waals surface area contributed by atoms with Crippen LogP contribution >= 0.6 is 0 Å². The average Bonchev–Trinajstić information content (AvgIpc) is 2.09. The van der Waals surface area contributed by atoms with E-state index in [4.69, 9.17) is 10.4 Å². The van der Waals surface area contributed by atoms with Gasteiger partial charge in [0.2, 0.25) is 0 Å². The highest BCUT2D eigenvalue weighted by Crippen LogP contribution is 2.27. The summed E-state index contributed by atoms with van der Waals surface area (Å²) in [4.78, 5) is 0. The number of aliphatic hydroxyl groups excluding tert-OH is 1. The molecular weight excluding hydrogens is 182 g/mol. The first kappa shape index (κ1) is 10.4. The number of nitriles is 1. The maximum absolute atomic E-state index is 9.38. The smallest absolute Gasteiger partial charge is 0.137 e. The fourth-order valence-corrected chi connectivity index (χ4v) is 1.19. The molecule has 0 aliphatic carbocycles. The Morgan fingerprint density at radius 3 is 2.50 bits per heavy atom. The molecule has 4 heteroatoms. The Hall–Kier alpha value is -1.73. The third-order valence-corrected chi connectivity index (χ3v) is 1.83. The van der Waals surface area contributed by atoms with Crippen molar-refractivity contribution in [1.29, 1.82) is 5.26 Å². The van der Waals surface area contributed by atoms with Gasteiger partial charge >= 0.3 is 0 Å². The minimum Gasteiger partial charge on any atom is -0.508 e. The van der Waals surface area contributed by atoms with Gasteiger partial charge in [0.25, 0.3) is 0 Å². The fourth-order valence-electron chi connectivity index (χ4n) is 1.19. The largest absolute Gasteiger partial charge is 0.508 e. The van der Waals surface area contributed by atoms with Crippen molar-refractivity contribution < 1.29 is 15.3 Å². The molecule has 3 N–H and O–H groups in total. The predicted molar refractivity (Wildman–Crippen MR) is 49.9 cm³/mol. The maximum atomic E-state index is 9.38. The molecule has 1 unspecified atom stereocenters. The molecule has 0 aliphatic rings. The maximum Gasteiger partial charge on any atom is 0.137 e. The average molecular weight is 193 g/mol. The van der Waals surface area contributed by atoms with Crippen LogP contribution in [0.25, 0.3) is 0 Å². The second kappa shape index (κ2) is 3.99. The molecule has 1 atom stereocenters. The Bertz CT molecular complexity index is 380. The van der Waals surface area contributed by atoms with Crippen LogP contribution in [-0.4, -0.2) is 21.4 Å². The van der Waals surface area contributed by atoms with E-state index in [1.807, 2.05) is 0 Å². The second-order valence-electron chi connectivity index (χ2n) is 3.16. The van der Waals surface area contributed by atoms with E-state index < -0.39 is 6.10 Å². The van der Waals surface area contributed by atoms with E-state index in [-0.39, 0.29) is 23.5 Å². The minimum absolute atomic E-state index is 0.0958. The lowest BCUT2D eigenvalue weighted by Gasteiger charge is -2.08. The number of benzene rings is 1. The van der Waals surface area contributed by atoms with Crippen LogP contribution in [0.15, 0.2) is 12.1 Å². The number of nitrogens with zero attached hydrogens (tertiary/aromatic N) is 1. The Morgan fingerprint density at radius 1 is 1.36 bits per heavy atom. The molecule has 0 aliphatic heterocycles. The molecule has 4 nitrogen and oxygen atoms in total. The van der Waals surface area contributed by atoms with Crippen molar-refractivity contribution in [3.63, 3.8) is 0 Å². The van der Waals surface area contributed by atoms with Crippen LogP contribution in [0.4, 0.5) is 0 Å². The number of hydrogen-bond donors (Lipinski definition) is 3. The van der Waals surface area contributed by atoms with Crippen molar-refractivity contribution in [1.82, 2.24) is 0 Å². The van der Waals surface area contributed by atoms with Gasteiger partial charge in [-0.1, -0.05) is 0 Å². The number of aromatic hydroxyl groups is 2. The van der Waals surface area contributed by atoms with Crippen molar-refractivity contribution in [2.45, 2.75) is 19.4 Å². The van der Waals surface area contributed by atoms with Crippen LogP contribution in [0.1, 0.15) is 18.1 Å². The lowest BCUT2D eigenvalue weighted by molar-refractivity contribution is 0.194. The molecule has 1 aromatic carbocycles. The summed E-state index contributed by atoms with van der Waals surface area (Å²) in [7, 11) is 0. The van der Waals surface area contributed by atoms with Crippen LogP contribution in [0.3, 0.4) is 0 Å². The van der Waals surface area contributed by atoms with Crippen molar-refractivity contribution in [3.05, 3.63) is 23.3 Å². The van der Waals surface area contributed by atoms with Gasteiger partial charge in [0.15, 0.2) is 0 Å². The molecule has 0 saturated carbocycles. The molecule has 1 aromatic rings. The van der Waals surface area contributed by atoms with E-state index in [0.29, 0.717) is 5.56 Å². The summed E-state index contributed by atoms with van der Waals surface area (Å²) in [6, 6.07) is 4.27. The van der Waals surface area contributed by atoms with Gasteiger partial charge in [-0.25, -0.2) is 0 Å². The van der Waals surface area contributed by atoms with E-state index in [0.717, 1.165) is 6.07 Å². The van der Waals surface area contributed by atoms with Gasteiger partial charge in [-0.15, -0.1) is 0 Å². The monoisotopic (exact) mass is 193 g/mol. The van der Waals surface area contributed by atoms with E-state index in [1.165, 1.54) is 6.07 Å². The van der Waals surface area contributed by atoms with Crippen molar-refractivity contribution >= 4 is 0 Å². The van der Waals surface area contributed by atoms with Crippen LogP contribution in [0.2, 0.25) is 0 Å². The second-order valence-corrected chi connectivity index (χ2v) is 3.16. The zero-order valence-electron chi connectivity index (χ0n) is 7.73. The zero-order chi connectivity index (χ0) is 10.7. The van der Waals surface area contributed by atoms with Gasteiger partial charge < -0.3 is 15.3 Å². The van der Waals surface area contributed by atoms with E-state index in [2.05, 4.69) is 0 Å². The van der Waals surface area contributed by atoms with Crippen molar-refractivity contribution in [3.8, 4) is 17.6 Å². The summed E-state index contributed by atoms with van der Waals surface area (Å²) in [6.45, 7) is 1.58. The first-order valence-electron chi connectivity index (χ1n) is 4.17. The molecule has 0 amide bonds. The Morgan fingerprint density at radius 2 is 2.00 bits per heavy atom. The molecule has 0 fully saturated rings. The first-order valence-corrected chi connectivity index (χ1v) is 4.17. The quantitative estimate of drug-likeness (QED) is 0.651. The molecule has 0 radical (unpaired) electrons. The lowest BCUT2D eigenvalue weighted by Crippen LogP contribution is -2.04. The summed E-state index contributed by atoms with van der Waals surface area (Å²) in [6.07, 6.45) is -0.349. The zero-order valence-corrected chi connectivity index (χ0v) is 7.73. The van der Waals surface area contributed by atoms with Gasteiger partial charge in [0, 0.05) is 12.5 Å². The minimum atomic E-state index is -0.600. The van der Waals surface area contributed by atoms with Crippen molar-refractivity contribution in [2.75, 3.05) is 0 Å². The van der Waals surface area contributed by atoms with Gasteiger partial charge in [-0.2, -0.15) is 5.26 Å². The van der Waals surface area contributed by atoms with Crippen LogP contribution < -0.4 is 0 Å². The molecule has 0 bridgehead atoms. The molecule has 1 rings (SSSR count). The third kappa shape index (κ3) is 2.15. The molecule has 0 heterocycles. The summed E-state index contributed by atoms with van der Waals surface area (Å²) in [5, 5.41) is 36.3. The SMILES string of the molecule is CC(O)Cc1cc(C#N)c(O)cc1O. The van der Waals surface area contributed by atoms with Gasteiger partial charge in [-0.3, -0.25) is 0 Å². The highest BCUT2D eigenvalue weighted by Gasteiger charge is 2.09. The lowest BCUT2D eigenvalue weighted by atomic mass is 10.0. The van der Waals surface area contributed by atoms with Gasteiger partial charge in [0.1, 0.15) is 17.6 Å². The molecule has 0 aromatic heterocycles. The molecule has 0 saturated heterocycles. The van der Waals surface area contributed by atoms with E-state index >= 15 is 0 Å². The van der Waals surface area contributed by atoms with Gasteiger partial charge in [-0.05, 0) is 18.6 Å². The summed E-state index contributed by atoms with van der Waals surface area (Å²) in [5.41, 5.74) is 0.549. The number of aliphatic hydroxyl groups is 1. The van der Waals surface area contributed by atoms with Crippen molar-refractivity contribution in [2.24, 2.45) is 0 Å². The van der Waals surface area contributed by atoms with E-state index in [9.17, 15) is 10.2 Å². The fraction of sp³-hybridized carbons (Fsp3) is 0.300. The van der Waals surface area contributed by atoms with E-state index in [1.54, 1.807) is 13.0 Å². The summed E-state index contributed by atoms with van der Waals surface area (Å²) in [5.74, 6) is -0.359. The number of phenols is 2. The summed E-state index contributed by atoms with van der Waals surface area (Å²) >= 11 is 0. The van der Waals surface area contributed by atoms with Crippen LogP contribution in [0, 0.1) is 11.3 Å². The van der Waals surface area contributed by atoms with Crippen LogP contribution in [0.5, 0.6) is 11.5 Å².